The van der Waals surface area contributed by atoms with E-state index < -0.39 is 155 Å². The maximum Gasteiger partial charge on any atom is 0.269 e. The van der Waals surface area contributed by atoms with Crippen molar-refractivity contribution in [2.24, 2.45) is 0 Å². The zero-order valence-electron chi connectivity index (χ0n) is 68.0. The average Bonchev–Trinajstić information content (AvgIpc) is 0.706. The third-order valence-corrected chi connectivity index (χ3v) is 19.7. The van der Waals surface area contributed by atoms with Gasteiger partial charge in [-0.2, -0.15) is 0 Å². The third kappa shape index (κ3) is 9.74. The summed E-state index contributed by atoms with van der Waals surface area (Å²) in [6.45, 7) is 18.6. The van der Waals surface area contributed by atoms with Crippen molar-refractivity contribution < 1.29 is 36.7 Å². The predicted octanol–water partition coefficient (Wildman–Crippen LogP) is 16.6. The van der Waals surface area contributed by atoms with E-state index in [4.69, 9.17) is 17.9 Å². The molecule has 0 unspecified atom stereocenters. The number of fused-ring (bicyclic) bond motifs is 4. The van der Waals surface area contributed by atoms with Crippen LogP contribution in [0.25, 0.3) is 72.3 Å². The van der Waals surface area contributed by atoms with Crippen LogP contribution in [0.3, 0.4) is 0 Å². The van der Waals surface area contributed by atoms with E-state index in [1.165, 1.54) is 6.07 Å². The molecule has 13 rings (SSSR count). The molecule has 0 saturated carbocycles. The number of nitrogens with zero attached hydrogens (tertiary/aromatic N) is 4. The molecule has 0 amide bonds. The summed E-state index contributed by atoms with van der Waals surface area (Å²) in [6.07, 6.45) is 5.38. The van der Waals surface area contributed by atoms with Gasteiger partial charge in [0.1, 0.15) is 17.3 Å². The number of aromatic nitrogens is 4. The fourth-order valence-electron chi connectivity index (χ4n) is 11.2. The molecule has 0 spiro atoms. The van der Waals surface area contributed by atoms with E-state index in [1.807, 2.05) is 96.1 Å². The molecule has 3 heterocycles. The summed E-state index contributed by atoms with van der Waals surface area (Å²) in [6, 6.07) is 23.5. The van der Waals surface area contributed by atoms with E-state index in [2.05, 4.69) is 49.9 Å². The summed E-state index contributed by atoms with van der Waals surface area (Å²) >= 11 is 0. The molecule has 0 N–H and O–H groups in total. The molecule has 0 bridgehead atoms. The van der Waals surface area contributed by atoms with E-state index in [-0.39, 0.29) is 44.0 Å². The summed E-state index contributed by atoms with van der Waals surface area (Å²) in [7, 11) is -5.97. The molecule has 84 heavy (non-hydrogen) atoms. The summed E-state index contributed by atoms with van der Waals surface area (Å²) in [5.74, 6) is 1.45. The van der Waals surface area contributed by atoms with E-state index in [9.17, 15) is 19.2 Å². The van der Waals surface area contributed by atoms with Crippen molar-refractivity contribution in [1.82, 2.24) is 14.1 Å². The van der Waals surface area contributed by atoms with Crippen LogP contribution < -0.4 is 30.1 Å². The van der Waals surface area contributed by atoms with Crippen molar-refractivity contribution in [2.75, 3.05) is 0 Å². The van der Waals surface area contributed by atoms with Crippen molar-refractivity contribution in [3.8, 4) is 50.9 Å². The fourth-order valence-corrected chi connectivity index (χ4v) is 15.2. The molecule has 0 atom stereocenters. The zero-order valence-corrected chi connectivity index (χ0v) is 49.0. The van der Waals surface area contributed by atoms with Gasteiger partial charge in [-0.1, -0.05) is 256 Å². The second-order valence-corrected chi connectivity index (χ2v) is 27.5. The van der Waals surface area contributed by atoms with E-state index in [0.29, 0.717) is 28.6 Å². The Morgan fingerprint density at radius 1 is 0.464 bits per heavy atom. The molecule has 5 nitrogen and oxygen atoms in total. The smallest absolute Gasteiger partial charge is 0.269 e. The first-order chi connectivity index (χ1) is 48.8. The third-order valence-electron chi connectivity index (χ3n) is 15.5. The normalized spacial score (nSPS) is 15.7. The predicted molar refractivity (Wildman–Crippen MR) is 353 cm³/mol. The number of para-hydroxylation sites is 2. The van der Waals surface area contributed by atoms with E-state index in [0.717, 1.165) is 38.5 Å². The number of imidazole rings is 1. The van der Waals surface area contributed by atoms with Crippen LogP contribution in [-0.2, 0) is 16.2 Å². The Bertz CT molecular complexity index is 5510. The lowest BCUT2D eigenvalue weighted by Gasteiger charge is -2.37. The zero-order chi connectivity index (χ0) is 75.4. The lowest BCUT2D eigenvalue weighted by Crippen LogP contribution is -2.76. The summed E-state index contributed by atoms with van der Waals surface area (Å²) < 4.78 is 201. The Labute approximate surface area is 523 Å². The number of hydrogen-bond donors (Lipinski definition) is 0. The molecule has 10 aromatic carbocycles. The summed E-state index contributed by atoms with van der Waals surface area (Å²) in [4.78, 5) is 4.87. The molecule has 0 aliphatic heterocycles. The molecule has 3 aromatic heterocycles. The number of benzene rings is 10. The molecule has 412 valence electrons. The molecular weight excluding hydrogens is 1040 g/mol. The van der Waals surface area contributed by atoms with Crippen LogP contribution in [0.2, 0.25) is 0 Å². The molecule has 0 saturated heterocycles. The molecule has 0 fully saturated rings. The highest BCUT2D eigenvalue weighted by Gasteiger charge is 2.44. The van der Waals surface area contributed by atoms with Gasteiger partial charge < -0.3 is 4.74 Å². The van der Waals surface area contributed by atoms with Crippen molar-refractivity contribution >= 4 is 61.7 Å². The van der Waals surface area contributed by atoms with Crippen LogP contribution in [-0.4, -0.2) is 22.2 Å². The monoisotopic (exact) mass is 1130 g/mol. The van der Waals surface area contributed by atoms with Gasteiger partial charge in [0.05, 0.1) is 60.9 Å². The SMILES string of the molecule is [2H]c1c([2H])c([2H])c(-c2ccc3c(c2)n(-c2cccc(Oc4ccc5c6ccccc6n(-c6cc(C(C)(C)C)ccn6)c5c4)c2)[c-][n+]3-c2c(-c3cc(C(C)(C)C)cc(C(C)(C)C)c3)cccc2[Si](c2c([2H])c([2H])c([2H])c([2H])c2[2H])(c2c([2H])c([2H])c([2H])c([2H])c2[2H])c2c([2H])c([2H])c([2H])c([2H])c2[2H])c([2H])c1[2H]. The Balaban J connectivity index is 1.21. The molecular formula is C78H70N4OSi. The van der Waals surface area contributed by atoms with Crippen LogP contribution in [0.5, 0.6) is 11.5 Å². The summed E-state index contributed by atoms with van der Waals surface area (Å²) in [5, 5.41) is -0.379. The van der Waals surface area contributed by atoms with Gasteiger partial charge in [0.15, 0.2) is 8.07 Å². The van der Waals surface area contributed by atoms with Crippen LogP contribution in [0.15, 0.2) is 261 Å². The molecule has 13 aromatic rings. The number of pyridine rings is 1. The Kier molecular flexibility index (Phi) is 8.95. The van der Waals surface area contributed by atoms with Gasteiger partial charge in [0, 0.05) is 23.0 Å². The van der Waals surface area contributed by atoms with Crippen LogP contribution in [0.1, 0.15) is 106 Å². The van der Waals surface area contributed by atoms with Gasteiger partial charge in [-0.15, -0.1) is 0 Å². The second-order valence-electron chi connectivity index (χ2n) is 24.0. The molecule has 0 aliphatic carbocycles. The maximum absolute atomic E-state index is 10.1. The van der Waals surface area contributed by atoms with Gasteiger partial charge in [0.25, 0.3) is 6.33 Å². The van der Waals surface area contributed by atoms with Crippen LogP contribution >= 0.6 is 0 Å². The Morgan fingerprint density at radius 3 is 1.68 bits per heavy atom. The lowest BCUT2D eigenvalue weighted by atomic mass is 9.79. The standard InChI is InChI=1S/C78H70N4OSi/c1-76(2,3)57-44-45-79-74(50-57)82-69-38-23-22-36-67(69)68-42-41-62(52-71(68)82)83-61-29-24-28-60(51-61)80-53-81(70-43-40-55(48-72(70)80)54-26-14-10-15-27-54)75-66(56-46-58(77(4,5)6)49-59(47-56)78(7,8)9)37-25-39-73(75)84(63-30-16-11-17-31-63,64-32-18-12-19-33-64)65-34-20-13-21-35-65/h10-52H,1-9H3/i10D,11D,12D,13D,14D,15D,16D,17D,18D,19D,20D,21D,26D,27D,30D,31D,32D,33D,34D,35D. The Hall–Kier alpha value is -9.36. The highest BCUT2D eigenvalue weighted by molar-refractivity contribution is 7.20. The number of ether oxygens (including phenoxy) is 1. The summed E-state index contributed by atoms with van der Waals surface area (Å²) in [5.41, 5.74) is 4.69. The minimum Gasteiger partial charge on any atom is -0.458 e. The van der Waals surface area contributed by atoms with Crippen molar-refractivity contribution in [3.05, 3.63) is 284 Å². The largest absolute Gasteiger partial charge is 0.458 e. The highest BCUT2D eigenvalue weighted by atomic mass is 28.3. The first-order valence-electron chi connectivity index (χ1n) is 37.7. The Morgan fingerprint density at radius 2 is 1.05 bits per heavy atom. The number of rotatable bonds is 11. The quantitative estimate of drug-likeness (QED) is 0.0560. The van der Waals surface area contributed by atoms with Crippen molar-refractivity contribution in [2.45, 2.75) is 78.6 Å². The fraction of sp³-hybridized carbons (Fsp3) is 0.154. The maximum atomic E-state index is 10.1. The van der Waals surface area contributed by atoms with Gasteiger partial charge in [-0.25, -0.2) is 4.98 Å². The van der Waals surface area contributed by atoms with Gasteiger partial charge in [-0.05, 0) is 131 Å². The minimum atomic E-state index is -5.97. The van der Waals surface area contributed by atoms with Crippen LogP contribution in [0, 0.1) is 6.33 Å². The first-order valence-corrected chi connectivity index (χ1v) is 29.7. The van der Waals surface area contributed by atoms with E-state index >= 15 is 0 Å². The second kappa shape index (κ2) is 21.1. The lowest BCUT2D eigenvalue weighted by molar-refractivity contribution is -0.570. The van der Waals surface area contributed by atoms with Crippen molar-refractivity contribution in [3.63, 3.8) is 0 Å². The minimum absolute atomic E-state index is 0.0200. The number of hydrogen-bond acceptors (Lipinski definition) is 2. The van der Waals surface area contributed by atoms with Crippen LogP contribution in [0.4, 0.5) is 0 Å². The topological polar surface area (TPSA) is 35.9 Å². The van der Waals surface area contributed by atoms with Crippen molar-refractivity contribution in [1.29, 1.82) is 0 Å². The highest BCUT2D eigenvalue weighted by Crippen LogP contribution is 2.39. The molecule has 6 heteroatoms. The van der Waals surface area contributed by atoms with Gasteiger partial charge in [-0.3, -0.25) is 13.7 Å². The molecule has 0 radical (unpaired) electrons. The van der Waals surface area contributed by atoms with Gasteiger partial charge >= 0.3 is 0 Å². The molecule has 0 aliphatic rings. The van der Waals surface area contributed by atoms with E-state index in [1.54, 1.807) is 69.9 Å². The van der Waals surface area contributed by atoms with Gasteiger partial charge in [0.2, 0.25) is 0 Å². The average molecular weight is 1130 g/mol. The first kappa shape index (κ1) is 35.6.